The quantitative estimate of drug-likeness (QED) is 0.886. The topological polar surface area (TPSA) is 52.6 Å². The fourth-order valence-corrected chi connectivity index (χ4v) is 2.97. The van der Waals surface area contributed by atoms with Gasteiger partial charge in [-0.05, 0) is 44.9 Å². The zero-order valence-electron chi connectivity index (χ0n) is 14.0. The number of aliphatic hydroxyl groups is 1. The highest BCUT2D eigenvalue weighted by Gasteiger charge is 2.36. The average molecular weight is 344 g/mol. The van der Waals surface area contributed by atoms with Gasteiger partial charge in [0, 0.05) is 18.1 Å². The van der Waals surface area contributed by atoms with E-state index >= 15 is 0 Å². The number of alkyl halides is 3. The van der Waals surface area contributed by atoms with Crippen LogP contribution in [0.15, 0.2) is 24.3 Å². The number of amides is 1. The smallest absolute Gasteiger partial charge is 0.392 e. The first-order chi connectivity index (χ1) is 11.0. The van der Waals surface area contributed by atoms with Gasteiger partial charge in [-0.2, -0.15) is 13.2 Å². The number of aliphatic hydroxyl groups excluding tert-OH is 1. The minimum absolute atomic E-state index is 0.0369. The van der Waals surface area contributed by atoms with Gasteiger partial charge in [0.25, 0.3) is 0 Å². The first kappa shape index (κ1) is 18.7. The zero-order valence-corrected chi connectivity index (χ0v) is 14.0. The van der Waals surface area contributed by atoms with Crippen molar-refractivity contribution in [2.24, 2.45) is 0 Å². The molecule has 2 N–H and O–H groups in total. The monoisotopic (exact) mass is 344 g/mol. The average Bonchev–Trinajstić information content (AvgIpc) is 2.76. The number of carbonyl (C=O) groups excluding carboxylic acids is 1. The molecule has 0 spiro atoms. The predicted octanol–water partition coefficient (Wildman–Crippen LogP) is 2.73. The molecular weight excluding hydrogens is 321 g/mol. The maximum absolute atomic E-state index is 12.9. The van der Waals surface area contributed by atoms with E-state index < -0.39 is 23.9 Å². The SMILES string of the molecule is CC(C)(C)NC(=O)CN1C[C@@H](O)C[C@H]1c1cccc(C(F)(F)F)c1. The van der Waals surface area contributed by atoms with Crippen molar-refractivity contribution in [3.63, 3.8) is 0 Å². The first-order valence-electron chi connectivity index (χ1n) is 7.86. The zero-order chi connectivity index (χ0) is 18.1. The van der Waals surface area contributed by atoms with Gasteiger partial charge in [-0.1, -0.05) is 12.1 Å². The summed E-state index contributed by atoms with van der Waals surface area (Å²) < 4.78 is 38.7. The van der Waals surface area contributed by atoms with Gasteiger partial charge in [0.1, 0.15) is 0 Å². The van der Waals surface area contributed by atoms with Crippen molar-refractivity contribution in [1.29, 1.82) is 0 Å². The van der Waals surface area contributed by atoms with Gasteiger partial charge in [-0.25, -0.2) is 0 Å². The van der Waals surface area contributed by atoms with Gasteiger partial charge in [0.05, 0.1) is 18.2 Å². The van der Waals surface area contributed by atoms with Crippen LogP contribution in [0.25, 0.3) is 0 Å². The van der Waals surface area contributed by atoms with E-state index in [1.54, 1.807) is 11.0 Å². The van der Waals surface area contributed by atoms with Crippen LogP contribution in [0.4, 0.5) is 13.2 Å². The number of benzene rings is 1. The maximum Gasteiger partial charge on any atom is 0.416 e. The van der Waals surface area contributed by atoms with Gasteiger partial charge < -0.3 is 10.4 Å². The number of β-amino-alcohol motifs (C(OH)–C–C–N with tert-alkyl or cyclic N) is 1. The van der Waals surface area contributed by atoms with Crippen LogP contribution in [0.3, 0.4) is 0 Å². The van der Waals surface area contributed by atoms with E-state index in [0.29, 0.717) is 12.0 Å². The summed E-state index contributed by atoms with van der Waals surface area (Å²) in [4.78, 5) is 13.8. The van der Waals surface area contributed by atoms with E-state index in [9.17, 15) is 23.1 Å². The Bertz CT molecular complexity index is 596. The van der Waals surface area contributed by atoms with Gasteiger partial charge in [0.15, 0.2) is 0 Å². The van der Waals surface area contributed by atoms with Gasteiger partial charge in [-0.3, -0.25) is 9.69 Å². The second-order valence-electron chi connectivity index (χ2n) is 7.26. The summed E-state index contributed by atoms with van der Waals surface area (Å²) in [6.45, 7) is 5.86. The molecule has 7 heteroatoms. The molecule has 1 heterocycles. The first-order valence-corrected chi connectivity index (χ1v) is 7.86. The number of nitrogens with one attached hydrogen (secondary N) is 1. The van der Waals surface area contributed by atoms with Gasteiger partial charge in [0.2, 0.25) is 5.91 Å². The standard InChI is InChI=1S/C17H23F3N2O2/c1-16(2,3)21-15(24)10-22-9-13(23)8-14(22)11-5-4-6-12(7-11)17(18,19)20/h4-7,13-14,23H,8-10H2,1-3H3,(H,21,24)/t13-,14-/m0/s1. The summed E-state index contributed by atoms with van der Waals surface area (Å²) in [5.41, 5.74) is -0.647. The molecule has 1 aliphatic rings. The number of hydrogen-bond acceptors (Lipinski definition) is 3. The highest BCUT2D eigenvalue weighted by atomic mass is 19.4. The fourth-order valence-electron chi connectivity index (χ4n) is 2.97. The third-order valence-corrected chi connectivity index (χ3v) is 3.84. The van der Waals surface area contributed by atoms with Crippen LogP contribution >= 0.6 is 0 Å². The molecule has 0 aliphatic carbocycles. The van der Waals surface area contributed by atoms with E-state index in [1.165, 1.54) is 6.07 Å². The van der Waals surface area contributed by atoms with Crippen LogP contribution < -0.4 is 5.32 Å². The van der Waals surface area contributed by atoms with E-state index in [1.807, 2.05) is 20.8 Å². The second kappa shape index (κ2) is 6.72. The van der Waals surface area contributed by atoms with E-state index in [2.05, 4.69) is 5.32 Å². The van der Waals surface area contributed by atoms with Crippen molar-refractivity contribution < 1.29 is 23.1 Å². The molecule has 0 unspecified atom stereocenters. The molecule has 2 atom stereocenters. The van der Waals surface area contributed by atoms with E-state index in [0.717, 1.165) is 12.1 Å². The van der Waals surface area contributed by atoms with Gasteiger partial charge >= 0.3 is 6.18 Å². The normalized spacial score (nSPS) is 22.6. The lowest BCUT2D eigenvalue weighted by molar-refractivity contribution is -0.137. The van der Waals surface area contributed by atoms with Crippen molar-refractivity contribution in [1.82, 2.24) is 10.2 Å². The number of halogens is 3. The molecule has 1 aromatic carbocycles. The molecule has 134 valence electrons. The van der Waals surface area contributed by atoms with Crippen LogP contribution in [0, 0.1) is 0 Å². The Morgan fingerprint density at radius 1 is 1.33 bits per heavy atom. The minimum Gasteiger partial charge on any atom is -0.392 e. The van der Waals surface area contributed by atoms with Crippen LogP contribution in [0.5, 0.6) is 0 Å². The van der Waals surface area contributed by atoms with E-state index in [-0.39, 0.29) is 24.5 Å². The maximum atomic E-state index is 12.9. The van der Waals surface area contributed by atoms with E-state index in [4.69, 9.17) is 0 Å². The number of rotatable bonds is 3. The molecule has 0 saturated carbocycles. The molecule has 0 bridgehead atoms. The summed E-state index contributed by atoms with van der Waals surface area (Å²) in [6, 6.07) is 4.67. The number of hydrogen-bond donors (Lipinski definition) is 2. The highest BCUT2D eigenvalue weighted by molar-refractivity contribution is 5.78. The van der Waals surface area contributed by atoms with Crippen molar-refractivity contribution in [3.8, 4) is 0 Å². The van der Waals surface area contributed by atoms with Crippen LogP contribution in [-0.2, 0) is 11.0 Å². The minimum atomic E-state index is -4.42. The molecule has 2 rings (SSSR count). The molecule has 1 amide bonds. The molecule has 1 fully saturated rings. The Balaban J connectivity index is 2.17. The summed E-state index contributed by atoms with van der Waals surface area (Å²) in [5.74, 6) is -0.214. The molecule has 1 aliphatic heterocycles. The summed E-state index contributed by atoms with van der Waals surface area (Å²) >= 11 is 0. The predicted molar refractivity (Wildman–Crippen MR) is 84.3 cm³/mol. The number of carbonyl (C=O) groups is 1. The Morgan fingerprint density at radius 3 is 2.58 bits per heavy atom. The van der Waals surface area contributed by atoms with Crippen molar-refractivity contribution in [2.75, 3.05) is 13.1 Å². The number of likely N-dealkylation sites (tertiary alicyclic amines) is 1. The lowest BCUT2D eigenvalue weighted by atomic mass is 10.0. The molecule has 0 radical (unpaired) electrons. The van der Waals surface area contributed by atoms with Crippen LogP contribution in [-0.4, -0.2) is 40.6 Å². The lowest BCUT2D eigenvalue weighted by Gasteiger charge is -2.27. The Kier molecular flexibility index (Phi) is 5.25. The van der Waals surface area contributed by atoms with Crippen molar-refractivity contribution in [2.45, 2.75) is 51.1 Å². The third kappa shape index (κ3) is 4.95. The van der Waals surface area contributed by atoms with Crippen LogP contribution in [0.2, 0.25) is 0 Å². The molecular formula is C17H23F3N2O2. The summed E-state index contributed by atoms with van der Waals surface area (Å²) in [5, 5.41) is 12.7. The lowest BCUT2D eigenvalue weighted by Crippen LogP contribution is -2.46. The molecule has 24 heavy (non-hydrogen) atoms. The highest BCUT2D eigenvalue weighted by Crippen LogP contribution is 2.35. The summed E-state index contributed by atoms with van der Waals surface area (Å²) in [6.07, 6.45) is -4.77. The summed E-state index contributed by atoms with van der Waals surface area (Å²) in [7, 11) is 0. The fraction of sp³-hybridized carbons (Fsp3) is 0.588. The van der Waals surface area contributed by atoms with Gasteiger partial charge in [-0.15, -0.1) is 0 Å². The largest absolute Gasteiger partial charge is 0.416 e. The van der Waals surface area contributed by atoms with Crippen LogP contribution in [0.1, 0.15) is 44.4 Å². The molecule has 0 aromatic heterocycles. The Hall–Kier alpha value is -1.60. The molecule has 1 aromatic rings. The Morgan fingerprint density at radius 2 is 2.00 bits per heavy atom. The van der Waals surface area contributed by atoms with Crippen molar-refractivity contribution >= 4 is 5.91 Å². The van der Waals surface area contributed by atoms with Crippen molar-refractivity contribution in [3.05, 3.63) is 35.4 Å². The third-order valence-electron chi connectivity index (χ3n) is 3.84. The number of nitrogens with zero attached hydrogens (tertiary/aromatic N) is 1. The second-order valence-corrected chi connectivity index (χ2v) is 7.26. The molecule has 1 saturated heterocycles. The Labute approximate surface area is 139 Å². The molecule has 4 nitrogen and oxygen atoms in total.